The van der Waals surface area contributed by atoms with Crippen LogP contribution in [0.5, 0.6) is 0 Å². The number of rotatable bonds is 5. The van der Waals surface area contributed by atoms with E-state index in [1.165, 1.54) is 13.8 Å². The Bertz CT molecular complexity index is 545. The number of hydrogen-bond donors (Lipinski definition) is 0. The van der Waals surface area contributed by atoms with Crippen LogP contribution in [0.3, 0.4) is 0 Å². The van der Waals surface area contributed by atoms with Gasteiger partial charge in [-0.15, -0.1) is 0 Å². The zero-order chi connectivity index (χ0) is 16.8. The van der Waals surface area contributed by atoms with Gasteiger partial charge in [0.1, 0.15) is 6.61 Å². The molecule has 0 aromatic heterocycles. The fraction of sp³-hybridized carbons (Fsp3) is 0.438. The molecule has 1 fully saturated rings. The third-order valence-corrected chi connectivity index (χ3v) is 3.13. The second-order valence-corrected chi connectivity index (χ2v) is 5.08. The number of ether oxygens (including phenoxy) is 4. The standard InChI is InChI=1S/C16H18O7/c1-10(17)21-14-8-13(23-16(14)22-11(2)18)9-20-15(19)12-6-4-3-5-7-12/h3-7,13-14,16H,8-9H2,1-2H3/t13-,14?,16?/m0/s1. The molecule has 124 valence electrons. The Kier molecular flexibility index (Phi) is 5.70. The second-order valence-electron chi connectivity index (χ2n) is 5.08. The molecule has 0 aliphatic carbocycles. The molecule has 0 amide bonds. The average Bonchev–Trinajstić information content (AvgIpc) is 2.86. The third-order valence-electron chi connectivity index (χ3n) is 3.13. The maximum absolute atomic E-state index is 11.9. The van der Waals surface area contributed by atoms with E-state index in [2.05, 4.69) is 0 Å². The highest BCUT2D eigenvalue weighted by Gasteiger charge is 2.40. The summed E-state index contributed by atoms with van der Waals surface area (Å²) in [5, 5.41) is 0. The Hall–Kier alpha value is -2.41. The molecule has 1 aromatic carbocycles. The van der Waals surface area contributed by atoms with Crippen molar-refractivity contribution in [2.45, 2.75) is 38.8 Å². The smallest absolute Gasteiger partial charge is 0.338 e. The minimum absolute atomic E-state index is 0.0245. The first-order valence-corrected chi connectivity index (χ1v) is 7.17. The quantitative estimate of drug-likeness (QED) is 0.599. The number of carbonyl (C=O) groups excluding carboxylic acids is 3. The van der Waals surface area contributed by atoms with Crippen LogP contribution >= 0.6 is 0 Å². The number of carbonyl (C=O) groups is 3. The van der Waals surface area contributed by atoms with Gasteiger partial charge in [-0.3, -0.25) is 9.59 Å². The van der Waals surface area contributed by atoms with Gasteiger partial charge in [0, 0.05) is 20.3 Å². The van der Waals surface area contributed by atoms with E-state index in [0.717, 1.165) is 0 Å². The van der Waals surface area contributed by atoms with Crippen molar-refractivity contribution >= 4 is 17.9 Å². The predicted molar refractivity (Wildman–Crippen MR) is 77.3 cm³/mol. The van der Waals surface area contributed by atoms with E-state index in [1.54, 1.807) is 30.3 Å². The summed E-state index contributed by atoms with van der Waals surface area (Å²) in [6.07, 6.45) is -1.94. The first kappa shape index (κ1) is 17.0. The minimum Gasteiger partial charge on any atom is -0.459 e. The highest BCUT2D eigenvalue weighted by atomic mass is 16.7. The molecule has 2 unspecified atom stereocenters. The molecule has 7 heteroatoms. The lowest BCUT2D eigenvalue weighted by Gasteiger charge is -2.17. The second kappa shape index (κ2) is 7.73. The largest absolute Gasteiger partial charge is 0.459 e. The molecule has 7 nitrogen and oxygen atoms in total. The van der Waals surface area contributed by atoms with Gasteiger partial charge in [-0.05, 0) is 12.1 Å². The molecule has 0 saturated carbocycles. The van der Waals surface area contributed by atoms with Crippen molar-refractivity contribution in [2.75, 3.05) is 6.61 Å². The van der Waals surface area contributed by atoms with E-state index >= 15 is 0 Å². The van der Waals surface area contributed by atoms with Gasteiger partial charge in [-0.1, -0.05) is 18.2 Å². The van der Waals surface area contributed by atoms with E-state index in [-0.39, 0.29) is 13.0 Å². The Morgan fingerprint density at radius 1 is 1.09 bits per heavy atom. The molecule has 1 saturated heterocycles. The van der Waals surface area contributed by atoms with Crippen molar-refractivity contribution in [3.63, 3.8) is 0 Å². The first-order chi connectivity index (χ1) is 11.0. The van der Waals surface area contributed by atoms with E-state index < -0.39 is 36.4 Å². The summed E-state index contributed by atoms with van der Waals surface area (Å²) in [6.45, 7) is 2.47. The highest BCUT2D eigenvalue weighted by molar-refractivity contribution is 5.89. The predicted octanol–water partition coefficient (Wildman–Crippen LogP) is 1.45. The Morgan fingerprint density at radius 3 is 2.35 bits per heavy atom. The Balaban J connectivity index is 1.89. The van der Waals surface area contributed by atoms with Crippen LogP contribution in [0.15, 0.2) is 30.3 Å². The van der Waals surface area contributed by atoms with Crippen molar-refractivity contribution < 1.29 is 33.3 Å². The molecule has 1 aliphatic heterocycles. The SMILES string of the molecule is CC(=O)OC1C[C@@H](COC(=O)c2ccccc2)OC1OC(C)=O. The van der Waals surface area contributed by atoms with E-state index in [9.17, 15) is 14.4 Å². The van der Waals surface area contributed by atoms with Crippen LogP contribution in [0.4, 0.5) is 0 Å². The molecule has 0 spiro atoms. The lowest BCUT2D eigenvalue weighted by atomic mass is 10.2. The van der Waals surface area contributed by atoms with Crippen LogP contribution in [-0.2, 0) is 28.5 Å². The lowest BCUT2D eigenvalue weighted by Crippen LogP contribution is -2.30. The van der Waals surface area contributed by atoms with Gasteiger partial charge >= 0.3 is 17.9 Å². The summed E-state index contributed by atoms with van der Waals surface area (Å²) in [7, 11) is 0. The van der Waals surface area contributed by atoms with Gasteiger partial charge in [0.25, 0.3) is 0 Å². The van der Waals surface area contributed by atoms with E-state index in [0.29, 0.717) is 5.56 Å². The number of benzene rings is 1. The van der Waals surface area contributed by atoms with Crippen LogP contribution < -0.4 is 0 Å². The van der Waals surface area contributed by atoms with Crippen LogP contribution in [0.25, 0.3) is 0 Å². The molecular formula is C16H18O7. The number of hydrogen-bond acceptors (Lipinski definition) is 7. The Labute approximate surface area is 133 Å². The molecule has 3 atom stereocenters. The lowest BCUT2D eigenvalue weighted by molar-refractivity contribution is -0.195. The van der Waals surface area contributed by atoms with Gasteiger partial charge in [0.15, 0.2) is 6.10 Å². The normalized spacial score (nSPS) is 23.1. The van der Waals surface area contributed by atoms with Crippen LogP contribution in [0, 0.1) is 0 Å². The fourth-order valence-electron chi connectivity index (χ4n) is 2.22. The molecule has 2 rings (SSSR count). The average molecular weight is 322 g/mol. The molecule has 1 aromatic rings. The summed E-state index contributed by atoms with van der Waals surface area (Å²) >= 11 is 0. The summed E-state index contributed by atoms with van der Waals surface area (Å²) in [6, 6.07) is 8.54. The summed E-state index contributed by atoms with van der Waals surface area (Å²) in [5.41, 5.74) is 0.429. The van der Waals surface area contributed by atoms with Crippen molar-refractivity contribution in [3.05, 3.63) is 35.9 Å². The molecule has 1 heterocycles. The van der Waals surface area contributed by atoms with E-state index in [1.807, 2.05) is 0 Å². The molecular weight excluding hydrogens is 304 g/mol. The molecule has 1 aliphatic rings. The monoisotopic (exact) mass is 322 g/mol. The van der Waals surface area contributed by atoms with E-state index in [4.69, 9.17) is 18.9 Å². The number of esters is 3. The summed E-state index contributed by atoms with van der Waals surface area (Å²) in [4.78, 5) is 34.0. The van der Waals surface area contributed by atoms with Crippen LogP contribution in [-0.4, -0.2) is 43.0 Å². The molecule has 0 bridgehead atoms. The van der Waals surface area contributed by atoms with Gasteiger partial charge in [-0.2, -0.15) is 0 Å². The van der Waals surface area contributed by atoms with Gasteiger partial charge in [0.2, 0.25) is 6.29 Å². The van der Waals surface area contributed by atoms with Crippen molar-refractivity contribution in [1.29, 1.82) is 0 Å². The Morgan fingerprint density at radius 2 is 1.74 bits per heavy atom. The fourth-order valence-corrected chi connectivity index (χ4v) is 2.22. The van der Waals surface area contributed by atoms with Crippen molar-refractivity contribution in [3.8, 4) is 0 Å². The van der Waals surface area contributed by atoms with Crippen molar-refractivity contribution in [2.24, 2.45) is 0 Å². The van der Waals surface area contributed by atoms with Crippen molar-refractivity contribution in [1.82, 2.24) is 0 Å². The zero-order valence-electron chi connectivity index (χ0n) is 12.9. The summed E-state index contributed by atoms with van der Waals surface area (Å²) < 4.78 is 20.7. The summed E-state index contributed by atoms with van der Waals surface area (Å²) in [5.74, 6) is -1.53. The first-order valence-electron chi connectivity index (χ1n) is 7.17. The van der Waals surface area contributed by atoms with Crippen LogP contribution in [0.2, 0.25) is 0 Å². The third kappa shape index (κ3) is 5.07. The maximum Gasteiger partial charge on any atom is 0.338 e. The van der Waals surface area contributed by atoms with Gasteiger partial charge in [-0.25, -0.2) is 4.79 Å². The van der Waals surface area contributed by atoms with Gasteiger partial charge < -0.3 is 18.9 Å². The minimum atomic E-state index is -0.989. The topological polar surface area (TPSA) is 88.1 Å². The molecule has 0 N–H and O–H groups in total. The zero-order valence-corrected chi connectivity index (χ0v) is 12.9. The molecule has 0 radical (unpaired) electrons. The highest BCUT2D eigenvalue weighted by Crippen LogP contribution is 2.25. The molecule has 23 heavy (non-hydrogen) atoms. The van der Waals surface area contributed by atoms with Crippen LogP contribution in [0.1, 0.15) is 30.6 Å². The van der Waals surface area contributed by atoms with Gasteiger partial charge in [0.05, 0.1) is 11.7 Å². The maximum atomic E-state index is 11.9.